The highest BCUT2D eigenvalue weighted by molar-refractivity contribution is 7.89. The number of rotatable bonds is 7. The van der Waals surface area contributed by atoms with Crippen molar-refractivity contribution in [2.45, 2.75) is 11.4 Å². The summed E-state index contributed by atoms with van der Waals surface area (Å²) in [6, 6.07) is 22.0. The molecule has 3 rings (SSSR count). The Hall–Kier alpha value is -3.16. The number of hydrogen-bond acceptors (Lipinski definition) is 4. The van der Waals surface area contributed by atoms with Gasteiger partial charge in [-0.1, -0.05) is 42.5 Å². The lowest BCUT2D eigenvalue weighted by atomic mass is 10.2. The zero-order valence-corrected chi connectivity index (χ0v) is 16.1. The van der Waals surface area contributed by atoms with Crippen molar-refractivity contribution < 1.29 is 17.9 Å². The molecule has 28 heavy (non-hydrogen) atoms. The first kappa shape index (κ1) is 19.6. The second-order valence-corrected chi connectivity index (χ2v) is 7.75. The fourth-order valence-electron chi connectivity index (χ4n) is 2.63. The van der Waals surface area contributed by atoms with Crippen LogP contribution < -0.4 is 14.8 Å². The maximum absolute atomic E-state index is 12.7. The average Bonchev–Trinajstić information content (AvgIpc) is 2.73. The molecule has 0 atom stereocenters. The number of methoxy groups -OCH3 is 1. The Balaban J connectivity index is 1.75. The Morgan fingerprint density at radius 2 is 1.64 bits per heavy atom. The SMILES string of the molecule is COc1ccccc1CNS(=O)(=O)c1cccc(C(=O)Nc2ccccc2)c1. The van der Waals surface area contributed by atoms with Crippen LogP contribution in [0.15, 0.2) is 83.8 Å². The zero-order valence-electron chi connectivity index (χ0n) is 15.3. The van der Waals surface area contributed by atoms with Crippen molar-refractivity contribution in [3.8, 4) is 5.75 Å². The van der Waals surface area contributed by atoms with E-state index in [1.54, 1.807) is 48.5 Å². The summed E-state index contributed by atoms with van der Waals surface area (Å²) in [6.45, 7) is 0.0762. The van der Waals surface area contributed by atoms with E-state index in [2.05, 4.69) is 10.0 Å². The molecule has 0 aliphatic carbocycles. The van der Waals surface area contributed by atoms with Crippen molar-refractivity contribution in [3.63, 3.8) is 0 Å². The van der Waals surface area contributed by atoms with E-state index in [9.17, 15) is 13.2 Å². The van der Waals surface area contributed by atoms with E-state index >= 15 is 0 Å². The molecule has 0 heterocycles. The molecule has 0 unspecified atom stereocenters. The highest BCUT2D eigenvalue weighted by atomic mass is 32.2. The molecule has 0 aliphatic heterocycles. The average molecular weight is 396 g/mol. The number of carbonyl (C=O) groups excluding carboxylic acids is 1. The van der Waals surface area contributed by atoms with Crippen LogP contribution in [0.25, 0.3) is 0 Å². The smallest absolute Gasteiger partial charge is 0.255 e. The van der Waals surface area contributed by atoms with Crippen molar-refractivity contribution in [2.75, 3.05) is 12.4 Å². The molecule has 0 saturated heterocycles. The van der Waals surface area contributed by atoms with Crippen LogP contribution in [0.2, 0.25) is 0 Å². The molecule has 0 spiro atoms. The number of carbonyl (C=O) groups is 1. The van der Waals surface area contributed by atoms with E-state index < -0.39 is 10.0 Å². The lowest BCUT2D eigenvalue weighted by Gasteiger charge is -2.11. The molecular weight excluding hydrogens is 376 g/mol. The van der Waals surface area contributed by atoms with Gasteiger partial charge in [0.05, 0.1) is 12.0 Å². The van der Waals surface area contributed by atoms with Crippen LogP contribution in [-0.4, -0.2) is 21.4 Å². The topological polar surface area (TPSA) is 84.5 Å². The second kappa shape index (κ2) is 8.69. The normalized spacial score (nSPS) is 11.0. The largest absolute Gasteiger partial charge is 0.496 e. The number of nitrogens with one attached hydrogen (secondary N) is 2. The summed E-state index contributed by atoms with van der Waals surface area (Å²) in [5.41, 5.74) is 1.60. The first-order chi connectivity index (χ1) is 13.5. The number of anilines is 1. The van der Waals surface area contributed by atoms with E-state index in [1.165, 1.54) is 25.3 Å². The van der Waals surface area contributed by atoms with Crippen LogP contribution in [-0.2, 0) is 16.6 Å². The third-order valence-corrected chi connectivity index (χ3v) is 5.48. The fourth-order valence-corrected chi connectivity index (χ4v) is 3.69. The van der Waals surface area contributed by atoms with Crippen molar-refractivity contribution >= 4 is 21.6 Å². The molecule has 0 fully saturated rings. The third kappa shape index (κ3) is 4.76. The number of amides is 1. The van der Waals surface area contributed by atoms with Crippen LogP contribution in [0.1, 0.15) is 15.9 Å². The number of sulfonamides is 1. The molecule has 6 nitrogen and oxygen atoms in total. The summed E-state index contributed by atoms with van der Waals surface area (Å²) in [4.78, 5) is 12.4. The summed E-state index contributed by atoms with van der Waals surface area (Å²) in [5.74, 6) is 0.217. The van der Waals surface area contributed by atoms with Gasteiger partial charge in [-0.3, -0.25) is 4.79 Å². The Kier molecular flexibility index (Phi) is 6.08. The van der Waals surface area contributed by atoms with E-state index in [4.69, 9.17) is 4.74 Å². The number of ether oxygens (including phenoxy) is 1. The van der Waals surface area contributed by atoms with Crippen LogP contribution in [0.3, 0.4) is 0 Å². The van der Waals surface area contributed by atoms with Crippen molar-refractivity contribution in [1.29, 1.82) is 0 Å². The van der Waals surface area contributed by atoms with Gasteiger partial charge in [-0.15, -0.1) is 0 Å². The molecule has 0 radical (unpaired) electrons. The van der Waals surface area contributed by atoms with Crippen molar-refractivity contribution in [3.05, 3.63) is 90.0 Å². The Labute approximate surface area is 164 Å². The molecule has 3 aromatic rings. The highest BCUT2D eigenvalue weighted by Gasteiger charge is 2.17. The number of hydrogen-bond donors (Lipinski definition) is 2. The predicted octanol–water partition coefficient (Wildman–Crippen LogP) is 3.43. The van der Waals surface area contributed by atoms with Gasteiger partial charge in [0.15, 0.2) is 0 Å². The Bertz CT molecular complexity index is 1070. The molecule has 0 saturated carbocycles. The van der Waals surface area contributed by atoms with Crippen molar-refractivity contribution in [2.24, 2.45) is 0 Å². The molecule has 0 aliphatic rings. The first-order valence-electron chi connectivity index (χ1n) is 8.57. The van der Waals surface area contributed by atoms with Crippen LogP contribution >= 0.6 is 0 Å². The molecule has 144 valence electrons. The maximum atomic E-state index is 12.7. The Morgan fingerprint density at radius 3 is 2.39 bits per heavy atom. The van der Waals surface area contributed by atoms with Gasteiger partial charge in [0, 0.05) is 23.4 Å². The summed E-state index contributed by atoms with van der Waals surface area (Å²) >= 11 is 0. The second-order valence-electron chi connectivity index (χ2n) is 5.98. The van der Waals surface area contributed by atoms with Crippen molar-refractivity contribution in [1.82, 2.24) is 4.72 Å². The number of benzene rings is 3. The minimum absolute atomic E-state index is 0.0168. The molecule has 1 amide bonds. The minimum Gasteiger partial charge on any atom is -0.496 e. The zero-order chi connectivity index (χ0) is 20.0. The van der Waals surface area contributed by atoms with Crippen LogP contribution in [0, 0.1) is 0 Å². The van der Waals surface area contributed by atoms with Gasteiger partial charge >= 0.3 is 0 Å². The van der Waals surface area contributed by atoms with E-state index in [0.717, 1.165) is 0 Å². The lowest BCUT2D eigenvalue weighted by Crippen LogP contribution is -2.24. The Morgan fingerprint density at radius 1 is 0.929 bits per heavy atom. The summed E-state index contributed by atoms with van der Waals surface area (Å²) in [5, 5.41) is 2.74. The summed E-state index contributed by atoms with van der Waals surface area (Å²) < 4.78 is 33.1. The van der Waals surface area contributed by atoms with E-state index in [1.807, 2.05) is 12.1 Å². The molecule has 7 heteroatoms. The predicted molar refractivity (Wildman–Crippen MR) is 108 cm³/mol. The van der Waals surface area contributed by atoms with E-state index in [-0.39, 0.29) is 22.9 Å². The maximum Gasteiger partial charge on any atom is 0.255 e. The van der Waals surface area contributed by atoms with Crippen LogP contribution in [0.5, 0.6) is 5.75 Å². The van der Waals surface area contributed by atoms with Gasteiger partial charge in [0.1, 0.15) is 5.75 Å². The quantitative estimate of drug-likeness (QED) is 0.641. The van der Waals surface area contributed by atoms with E-state index in [0.29, 0.717) is 17.0 Å². The summed E-state index contributed by atoms with van der Waals surface area (Å²) in [7, 11) is -2.27. The first-order valence-corrected chi connectivity index (χ1v) is 10.1. The van der Waals surface area contributed by atoms with Gasteiger partial charge in [-0.2, -0.15) is 0 Å². The highest BCUT2D eigenvalue weighted by Crippen LogP contribution is 2.19. The minimum atomic E-state index is -3.80. The monoisotopic (exact) mass is 396 g/mol. The molecule has 3 aromatic carbocycles. The van der Waals surface area contributed by atoms with Gasteiger partial charge in [0.2, 0.25) is 10.0 Å². The molecule has 2 N–H and O–H groups in total. The molecule has 0 aromatic heterocycles. The summed E-state index contributed by atoms with van der Waals surface area (Å²) in [6.07, 6.45) is 0. The van der Waals surface area contributed by atoms with Gasteiger partial charge in [-0.25, -0.2) is 13.1 Å². The lowest BCUT2D eigenvalue weighted by molar-refractivity contribution is 0.102. The van der Waals surface area contributed by atoms with Crippen LogP contribution in [0.4, 0.5) is 5.69 Å². The van der Waals surface area contributed by atoms with Gasteiger partial charge in [0.25, 0.3) is 5.91 Å². The molecular formula is C21H20N2O4S. The van der Waals surface area contributed by atoms with Gasteiger partial charge in [-0.05, 0) is 36.4 Å². The molecule has 0 bridgehead atoms. The standard InChI is InChI=1S/C21H20N2O4S/c1-27-20-13-6-5-8-17(20)15-22-28(25,26)19-12-7-9-16(14-19)21(24)23-18-10-3-2-4-11-18/h2-14,22H,15H2,1H3,(H,23,24). The number of para-hydroxylation sites is 2. The third-order valence-electron chi connectivity index (χ3n) is 4.08. The van der Waals surface area contributed by atoms with Gasteiger partial charge < -0.3 is 10.1 Å². The fraction of sp³-hybridized carbons (Fsp3) is 0.0952.